The van der Waals surface area contributed by atoms with E-state index in [1.165, 1.54) is 21.1 Å². The van der Waals surface area contributed by atoms with Gasteiger partial charge in [-0.25, -0.2) is 4.57 Å². The minimum Gasteiger partial charge on any atom is -0.291 e. The molecule has 0 radical (unpaired) electrons. The average Bonchev–Trinajstić information content (AvgIpc) is 2.00. The van der Waals surface area contributed by atoms with Gasteiger partial charge in [-0.3, -0.25) is 13.7 Å². The van der Waals surface area contributed by atoms with E-state index in [1.54, 1.807) is 0 Å². The van der Waals surface area contributed by atoms with Crippen molar-refractivity contribution in [2.24, 2.45) is 5.16 Å². The molecule has 0 unspecified atom stereocenters. The molecule has 0 fully saturated rings. The SMILES string of the molecule is COP(=O)(OC)ON=C(C)Cl. The molecule has 0 N–H and O–H groups in total. The summed E-state index contributed by atoms with van der Waals surface area (Å²) in [5, 5.41) is 3.32. The van der Waals surface area contributed by atoms with E-state index >= 15 is 0 Å². The van der Waals surface area contributed by atoms with E-state index in [9.17, 15) is 4.57 Å². The Balaban J connectivity index is 4.10. The van der Waals surface area contributed by atoms with Gasteiger partial charge in [0.2, 0.25) is 0 Å². The van der Waals surface area contributed by atoms with Crippen molar-refractivity contribution in [3.63, 3.8) is 0 Å². The van der Waals surface area contributed by atoms with Gasteiger partial charge in [-0.2, -0.15) is 0 Å². The Morgan fingerprint density at radius 3 is 2.18 bits per heavy atom. The van der Waals surface area contributed by atoms with Crippen molar-refractivity contribution in [3.8, 4) is 0 Å². The van der Waals surface area contributed by atoms with Gasteiger partial charge < -0.3 is 0 Å². The molecule has 11 heavy (non-hydrogen) atoms. The number of hydrogen-bond acceptors (Lipinski definition) is 5. The van der Waals surface area contributed by atoms with Gasteiger partial charge in [0.25, 0.3) is 0 Å². The van der Waals surface area contributed by atoms with Crippen LogP contribution in [0, 0.1) is 0 Å². The van der Waals surface area contributed by atoms with Gasteiger partial charge in [-0.1, -0.05) is 16.8 Å². The highest BCUT2D eigenvalue weighted by atomic mass is 35.5. The Morgan fingerprint density at radius 1 is 1.45 bits per heavy atom. The number of phosphoric acid groups is 1. The lowest BCUT2D eigenvalue weighted by Crippen LogP contribution is -1.90. The standard InChI is InChI=1S/C4H9ClNO4P/c1-4(5)6-10-11(7,8-2)9-3/h1-3H3. The number of nitrogens with zero attached hydrogens (tertiary/aromatic N) is 1. The number of phosphoric ester groups is 1. The predicted molar refractivity (Wildman–Crippen MR) is 41.7 cm³/mol. The third-order valence-electron chi connectivity index (χ3n) is 0.714. The molecule has 0 spiro atoms. The van der Waals surface area contributed by atoms with E-state index in [-0.39, 0.29) is 5.17 Å². The quantitative estimate of drug-likeness (QED) is 0.396. The van der Waals surface area contributed by atoms with Crippen molar-refractivity contribution >= 4 is 24.6 Å². The molecule has 0 amide bonds. The number of oxime groups is 1. The molecule has 0 aliphatic carbocycles. The van der Waals surface area contributed by atoms with Crippen LogP contribution >= 0.6 is 19.4 Å². The monoisotopic (exact) mass is 201 g/mol. The second kappa shape index (κ2) is 4.72. The highest BCUT2D eigenvalue weighted by Crippen LogP contribution is 2.47. The molecule has 0 saturated carbocycles. The third kappa shape index (κ3) is 4.37. The zero-order valence-corrected chi connectivity index (χ0v) is 8.06. The highest BCUT2D eigenvalue weighted by Gasteiger charge is 2.23. The average molecular weight is 202 g/mol. The molecule has 66 valence electrons. The van der Waals surface area contributed by atoms with E-state index in [1.807, 2.05) is 0 Å². The minimum atomic E-state index is -3.51. The van der Waals surface area contributed by atoms with Crippen LogP contribution in [0.25, 0.3) is 0 Å². The Bertz CT molecular complexity index is 183. The van der Waals surface area contributed by atoms with Crippen LogP contribution in [-0.2, 0) is 18.2 Å². The van der Waals surface area contributed by atoms with Crippen molar-refractivity contribution in [2.45, 2.75) is 6.92 Å². The zero-order valence-electron chi connectivity index (χ0n) is 6.41. The van der Waals surface area contributed by atoms with E-state index in [2.05, 4.69) is 18.8 Å². The van der Waals surface area contributed by atoms with E-state index in [0.29, 0.717) is 0 Å². The van der Waals surface area contributed by atoms with E-state index in [0.717, 1.165) is 0 Å². The Labute approximate surface area is 69.9 Å². The van der Waals surface area contributed by atoms with Gasteiger partial charge in [0, 0.05) is 14.2 Å². The number of rotatable bonds is 4. The summed E-state index contributed by atoms with van der Waals surface area (Å²) in [5.74, 6) is 0. The molecule has 0 rings (SSSR count). The van der Waals surface area contributed by atoms with Gasteiger partial charge in [0.05, 0.1) is 0 Å². The fourth-order valence-corrected chi connectivity index (χ4v) is 0.835. The van der Waals surface area contributed by atoms with Crippen LogP contribution in [0.3, 0.4) is 0 Å². The van der Waals surface area contributed by atoms with Crippen LogP contribution in [0.4, 0.5) is 0 Å². The van der Waals surface area contributed by atoms with Gasteiger partial charge in [0.15, 0.2) is 0 Å². The van der Waals surface area contributed by atoms with Crippen LogP contribution in [-0.4, -0.2) is 19.4 Å². The maximum atomic E-state index is 11.0. The summed E-state index contributed by atoms with van der Waals surface area (Å²) >= 11 is 5.29. The molecule has 0 saturated heterocycles. The maximum Gasteiger partial charge on any atom is 0.549 e. The molecule has 0 aromatic rings. The summed E-state index contributed by atoms with van der Waals surface area (Å²) < 4.78 is 24.1. The topological polar surface area (TPSA) is 57.1 Å². The lowest BCUT2D eigenvalue weighted by atomic mass is 10.9. The fraction of sp³-hybridized carbons (Fsp3) is 0.750. The van der Waals surface area contributed by atoms with Crippen molar-refractivity contribution in [1.82, 2.24) is 0 Å². The largest absolute Gasteiger partial charge is 0.549 e. The second-order valence-electron chi connectivity index (χ2n) is 1.48. The van der Waals surface area contributed by atoms with Crippen molar-refractivity contribution in [2.75, 3.05) is 14.2 Å². The van der Waals surface area contributed by atoms with Gasteiger partial charge in [0.1, 0.15) is 5.17 Å². The highest BCUT2D eigenvalue weighted by molar-refractivity contribution is 7.48. The van der Waals surface area contributed by atoms with Crippen LogP contribution < -0.4 is 0 Å². The first kappa shape index (κ1) is 10.9. The van der Waals surface area contributed by atoms with Crippen LogP contribution in [0.2, 0.25) is 0 Å². The maximum absolute atomic E-state index is 11.0. The first-order valence-corrected chi connectivity index (χ1v) is 4.48. The lowest BCUT2D eigenvalue weighted by molar-refractivity contribution is 0.157. The van der Waals surface area contributed by atoms with E-state index < -0.39 is 7.82 Å². The summed E-state index contributed by atoms with van der Waals surface area (Å²) in [6.07, 6.45) is 0. The first-order valence-electron chi connectivity index (χ1n) is 2.64. The Morgan fingerprint density at radius 2 is 1.91 bits per heavy atom. The van der Waals surface area contributed by atoms with Gasteiger partial charge in [-0.05, 0) is 6.92 Å². The Kier molecular flexibility index (Phi) is 4.68. The molecule has 0 aliphatic rings. The summed E-state index contributed by atoms with van der Waals surface area (Å²) in [6, 6.07) is 0. The van der Waals surface area contributed by atoms with Gasteiger partial charge in [-0.15, -0.1) is 0 Å². The zero-order chi connectivity index (χ0) is 8.91. The molecule has 0 aromatic heterocycles. The molecule has 0 atom stereocenters. The van der Waals surface area contributed by atoms with Crippen LogP contribution in [0.1, 0.15) is 6.92 Å². The smallest absolute Gasteiger partial charge is 0.291 e. The summed E-state index contributed by atoms with van der Waals surface area (Å²) in [5.41, 5.74) is 0. The van der Waals surface area contributed by atoms with Crippen molar-refractivity contribution in [3.05, 3.63) is 0 Å². The van der Waals surface area contributed by atoms with Crippen LogP contribution in [0.5, 0.6) is 0 Å². The van der Waals surface area contributed by atoms with E-state index in [4.69, 9.17) is 11.6 Å². The van der Waals surface area contributed by atoms with Crippen molar-refractivity contribution in [1.29, 1.82) is 0 Å². The molecule has 5 nitrogen and oxygen atoms in total. The molecule has 0 aromatic carbocycles. The molecular weight excluding hydrogens is 192 g/mol. The molecule has 0 heterocycles. The normalized spacial score (nSPS) is 13.3. The molecule has 7 heteroatoms. The summed E-state index contributed by atoms with van der Waals surface area (Å²) in [6.45, 7) is 1.47. The summed E-state index contributed by atoms with van der Waals surface area (Å²) in [4.78, 5) is 0. The molecule has 0 bridgehead atoms. The van der Waals surface area contributed by atoms with Crippen molar-refractivity contribution < 1.29 is 18.2 Å². The predicted octanol–water partition coefficient (Wildman–Crippen LogP) is 1.98. The summed E-state index contributed by atoms with van der Waals surface area (Å²) in [7, 11) is -1.14. The lowest BCUT2D eigenvalue weighted by Gasteiger charge is -2.08. The molecule has 0 aliphatic heterocycles. The number of hydrogen-bond donors (Lipinski definition) is 0. The molecular formula is C4H9ClNO4P. The first-order chi connectivity index (χ1) is 5.04. The fourth-order valence-electron chi connectivity index (χ4n) is 0.247. The third-order valence-corrected chi connectivity index (χ3v) is 1.96. The second-order valence-corrected chi connectivity index (χ2v) is 3.82. The minimum absolute atomic E-state index is 0.110. The van der Waals surface area contributed by atoms with Crippen LogP contribution in [0.15, 0.2) is 5.16 Å². The van der Waals surface area contributed by atoms with Gasteiger partial charge >= 0.3 is 7.82 Å². The Hall–Kier alpha value is -0.0900. The number of halogens is 1.